The molecule has 0 aromatic heterocycles. The van der Waals surface area contributed by atoms with Gasteiger partial charge in [-0.3, -0.25) is 5.32 Å². The number of nitrogens with one attached hydrogen (secondary N) is 1. The van der Waals surface area contributed by atoms with E-state index in [1.165, 1.54) is 32.1 Å². The zero-order chi connectivity index (χ0) is 13.5. The van der Waals surface area contributed by atoms with Crippen LogP contribution in [0, 0.1) is 0 Å². The number of phenolic OH excluding ortho intramolecular Hbond substituents is 1. The molecule has 1 aliphatic rings. The Hall–Kier alpha value is -1.22. The molecule has 0 spiro atoms. The zero-order valence-corrected chi connectivity index (χ0v) is 11.8. The van der Waals surface area contributed by atoms with Crippen LogP contribution in [-0.2, 0) is 6.42 Å². The van der Waals surface area contributed by atoms with Crippen LogP contribution in [0.15, 0.2) is 18.2 Å². The zero-order valence-electron chi connectivity index (χ0n) is 11.8. The van der Waals surface area contributed by atoms with Crippen LogP contribution in [0.5, 0.6) is 11.5 Å². The van der Waals surface area contributed by atoms with Crippen LogP contribution >= 0.6 is 0 Å². The van der Waals surface area contributed by atoms with Crippen molar-refractivity contribution in [1.82, 2.24) is 5.32 Å². The maximum Gasteiger partial charge on any atom is 0.150 e. The molecule has 1 aromatic rings. The Balaban J connectivity index is 1.70. The molecule has 1 heterocycles. The average molecular weight is 263 g/mol. The molecule has 0 saturated carbocycles. The lowest BCUT2D eigenvalue weighted by atomic mass is 10.0. The Kier molecular flexibility index (Phi) is 5.52. The van der Waals surface area contributed by atoms with Crippen molar-refractivity contribution in [3.05, 3.63) is 23.8 Å². The number of hydrogen-bond donors (Lipinski definition) is 2. The second kappa shape index (κ2) is 7.39. The fraction of sp³-hybridized carbons (Fsp3) is 0.625. The van der Waals surface area contributed by atoms with E-state index in [4.69, 9.17) is 4.74 Å². The first kappa shape index (κ1) is 14.2. The maximum atomic E-state index is 9.74. The van der Waals surface area contributed by atoms with E-state index in [9.17, 15) is 5.11 Å². The molecule has 2 rings (SSSR count). The van der Waals surface area contributed by atoms with Gasteiger partial charge in [0.15, 0.2) is 6.23 Å². The lowest BCUT2D eigenvalue weighted by molar-refractivity contribution is 0.136. The van der Waals surface area contributed by atoms with Gasteiger partial charge in [-0.15, -0.1) is 0 Å². The van der Waals surface area contributed by atoms with Crippen LogP contribution in [0.2, 0.25) is 0 Å². The van der Waals surface area contributed by atoms with Gasteiger partial charge in [0.2, 0.25) is 0 Å². The minimum Gasteiger partial charge on any atom is -0.508 e. The quantitative estimate of drug-likeness (QED) is 0.738. The first-order valence-corrected chi connectivity index (χ1v) is 7.52. The molecule has 0 fully saturated rings. The molecule has 3 heteroatoms. The van der Waals surface area contributed by atoms with E-state index in [2.05, 4.69) is 12.2 Å². The summed E-state index contributed by atoms with van der Waals surface area (Å²) in [5, 5.41) is 13.2. The highest BCUT2D eigenvalue weighted by Crippen LogP contribution is 2.33. The van der Waals surface area contributed by atoms with Crippen molar-refractivity contribution in [2.75, 3.05) is 6.54 Å². The fourth-order valence-electron chi connectivity index (χ4n) is 2.54. The van der Waals surface area contributed by atoms with Crippen LogP contribution in [0.25, 0.3) is 0 Å². The van der Waals surface area contributed by atoms with Crippen molar-refractivity contribution in [2.45, 2.75) is 58.1 Å². The van der Waals surface area contributed by atoms with Gasteiger partial charge in [0.25, 0.3) is 0 Å². The van der Waals surface area contributed by atoms with Crippen molar-refractivity contribution in [3.8, 4) is 11.5 Å². The van der Waals surface area contributed by atoms with Gasteiger partial charge in [0.05, 0.1) is 0 Å². The topological polar surface area (TPSA) is 41.5 Å². The van der Waals surface area contributed by atoms with Gasteiger partial charge >= 0.3 is 0 Å². The highest BCUT2D eigenvalue weighted by Gasteiger charge is 2.20. The van der Waals surface area contributed by atoms with Crippen LogP contribution in [-0.4, -0.2) is 17.9 Å². The summed E-state index contributed by atoms with van der Waals surface area (Å²) in [7, 11) is 0. The molecule has 2 N–H and O–H groups in total. The van der Waals surface area contributed by atoms with Crippen molar-refractivity contribution in [2.24, 2.45) is 0 Å². The third-order valence-corrected chi connectivity index (χ3v) is 3.69. The summed E-state index contributed by atoms with van der Waals surface area (Å²) >= 11 is 0. The summed E-state index contributed by atoms with van der Waals surface area (Å²) in [4.78, 5) is 0. The Labute approximate surface area is 116 Å². The summed E-state index contributed by atoms with van der Waals surface area (Å²) in [6.45, 7) is 3.25. The number of aromatic hydroxyl groups is 1. The second-order valence-corrected chi connectivity index (χ2v) is 5.27. The number of hydrogen-bond acceptors (Lipinski definition) is 3. The lowest BCUT2D eigenvalue weighted by Crippen LogP contribution is -2.37. The standard InChI is InChI=1S/C16H25NO2/c1-2-3-4-5-6-12-17-16-11-10-13-14(18)8-7-9-15(13)19-16/h7-9,16-18H,2-6,10-12H2,1H3. The molecule has 0 amide bonds. The molecule has 3 nitrogen and oxygen atoms in total. The minimum atomic E-state index is 0.0977. The number of ether oxygens (including phenoxy) is 1. The van der Waals surface area contributed by atoms with Crippen molar-refractivity contribution in [3.63, 3.8) is 0 Å². The summed E-state index contributed by atoms with van der Waals surface area (Å²) in [6.07, 6.45) is 8.39. The minimum absolute atomic E-state index is 0.0977. The van der Waals surface area contributed by atoms with Crippen LogP contribution in [0.4, 0.5) is 0 Å². The van der Waals surface area contributed by atoms with Crippen LogP contribution in [0.1, 0.15) is 51.0 Å². The van der Waals surface area contributed by atoms with Gasteiger partial charge in [-0.05, 0) is 31.5 Å². The maximum absolute atomic E-state index is 9.74. The van der Waals surface area contributed by atoms with Gasteiger partial charge in [-0.25, -0.2) is 0 Å². The Morgan fingerprint density at radius 3 is 2.95 bits per heavy atom. The predicted octanol–water partition coefficient (Wildman–Crippen LogP) is 3.60. The predicted molar refractivity (Wildman–Crippen MR) is 77.6 cm³/mol. The molecule has 1 aliphatic heterocycles. The highest BCUT2D eigenvalue weighted by molar-refractivity contribution is 5.45. The largest absolute Gasteiger partial charge is 0.508 e. The van der Waals surface area contributed by atoms with Gasteiger partial charge in [0, 0.05) is 12.0 Å². The van der Waals surface area contributed by atoms with Crippen molar-refractivity contribution in [1.29, 1.82) is 0 Å². The summed E-state index contributed by atoms with van der Waals surface area (Å²) in [6, 6.07) is 5.50. The SMILES string of the molecule is CCCCCCCNC1CCc2c(O)cccc2O1. The first-order chi connectivity index (χ1) is 9.31. The van der Waals surface area contributed by atoms with Crippen LogP contribution < -0.4 is 10.1 Å². The monoisotopic (exact) mass is 263 g/mol. The Morgan fingerprint density at radius 1 is 1.26 bits per heavy atom. The van der Waals surface area contributed by atoms with Gasteiger partial charge in [-0.2, -0.15) is 0 Å². The highest BCUT2D eigenvalue weighted by atomic mass is 16.5. The number of benzene rings is 1. The Bertz CT molecular complexity index is 392. The van der Waals surface area contributed by atoms with Gasteiger partial charge in [0.1, 0.15) is 11.5 Å². The molecule has 1 atom stereocenters. The van der Waals surface area contributed by atoms with E-state index in [1.54, 1.807) is 6.07 Å². The van der Waals surface area contributed by atoms with Gasteiger partial charge in [-0.1, -0.05) is 38.7 Å². The number of phenols is 1. The van der Waals surface area contributed by atoms with E-state index in [0.717, 1.165) is 30.7 Å². The number of unbranched alkanes of at least 4 members (excludes halogenated alkanes) is 4. The van der Waals surface area contributed by atoms with Gasteiger partial charge < -0.3 is 9.84 Å². The molecular formula is C16H25NO2. The Morgan fingerprint density at radius 2 is 2.11 bits per heavy atom. The van der Waals surface area contributed by atoms with E-state index in [-0.39, 0.29) is 6.23 Å². The molecule has 0 radical (unpaired) electrons. The van der Waals surface area contributed by atoms with E-state index in [1.807, 2.05) is 12.1 Å². The fourth-order valence-corrected chi connectivity index (χ4v) is 2.54. The molecule has 1 aromatic carbocycles. The molecule has 106 valence electrons. The summed E-state index contributed by atoms with van der Waals surface area (Å²) < 4.78 is 5.87. The van der Waals surface area contributed by atoms with E-state index >= 15 is 0 Å². The third-order valence-electron chi connectivity index (χ3n) is 3.69. The molecule has 1 unspecified atom stereocenters. The van der Waals surface area contributed by atoms with Crippen molar-refractivity contribution >= 4 is 0 Å². The summed E-state index contributed by atoms with van der Waals surface area (Å²) in [5.41, 5.74) is 0.948. The second-order valence-electron chi connectivity index (χ2n) is 5.27. The number of fused-ring (bicyclic) bond motifs is 1. The molecule has 0 aliphatic carbocycles. The summed E-state index contributed by atoms with van der Waals surface area (Å²) in [5.74, 6) is 1.19. The molecule has 0 saturated heterocycles. The molecule has 19 heavy (non-hydrogen) atoms. The molecular weight excluding hydrogens is 238 g/mol. The van der Waals surface area contributed by atoms with E-state index < -0.39 is 0 Å². The normalized spacial score (nSPS) is 17.8. The average Bonchev–Trinajstić information content (AvgIpc) is 2.43. The van der Waals surface area contributed by atoms with Crippen LogP contribution in [0.3, 0.4) is 0 Å². The van der Waals surface area contributed by atoms with Crippen molar-refractivity contribution < 1.29 is 9.84 Å². The lowest BCUT2D eigenvalue weighted by Gasteiger charge is -2.27. The van der Waals surface area contributed by atoms with E-state index in [0.29, 0.717) is 5.75 Å². The smallest absolute Gasteiger partial charge is 0.150 e. The third kappa shape index (κ3) is 4.13. The molecule has 0 bridgehead atoms. The number of rotatable bonds is 7. The first-order valence-electron chi connectivity index (χ1n) is 7.52.